The third-order valence-corrected chi connectivity index (χ3v) is 4.18. The van der Waals surface area contributed by atoms with E-state index in [1.807, 2.05) is 11.8 Å². The molecule has 0 atom stereocenters. The Bertz CT molecular complexity index is 847. The molecule has 8 heteroatoms. The van der Waals surface area contributed by atoms with Crippen LogP contribution in [0, 0.1) is 0 Å². The van der Waals surface area contributed by atoms with Crippen molar-refractivity contribution in [3.8, 4) is 5.75 Å². The fourth-order valence-corrected chi connectivity index (χ4v) is 2.60. The summed E-state index contributed by atoms with van der Waals surface area (Å²) in [6.07, 6.45) is 1.39. The van der Waals surface area contributed by atoms with Gasteiger partial charge in [0.25, 0.3) is 15.9 Å². The number of halogens is 1. The lowest BCUT2D eigenvalue weighted by Gasteiger charge is -2.07. The van der Waals surface area contributed by atoms with E-state index in [0.29, 0.717) is 28.5 Å². The summed E-state index contributed by atoms with van der Waals surface area (Å²) < 4.78 is 29.0. The Kier molecular flexibility index (Phi) is 6.58. The first-order valence-corrected chi connectivity index (χ1v) is 9.31. The zero-order valence-electron chi connectivity index (χ0n) is 13.4. The van der Waals surface area contributed by atoms with Crippen molar-refractivity contribution in [1.82, 2.24) is 10.3 Å². The van der Waals surface area contributed by atoms with E-state index in [2.05, 4.69) is 5.43 Å². The Balaban J connectivity index is 1.94. The van der Waals surface area contributed by atoms with E-state index in [-0.39, 0.29) is 0 Å². The van der Waals surface area contributed by atoms with E-state index in [9.17, 15) is 13.2 Å². The molecule has 0 aliphatic rings. The van der Waals surface area contributed by atoms with Crippen LogP contribution in [-0.2, 0) is 10.0 Å². The van der Waals surface area contributed by atoms with E-state index in [1.54, 1.807) is 36.4 Å². The van der Waals surface area contributed by atoms with Gasteiger partial charge in [-0.2, -0.15) is 0 Å². The number of rotatable bonds is 7. The van der Waals surface area contributed by atoms with E-state index in [1.165, 1.54) is 18.2 Å². The van der Waals surface area contributed by atoms with Crippen molar-refractivity contribution >= 4 is 33.6 Å². The summed E-state index contributed by atoms with van der Waals surface area (Å²) in [5, 5.41) is 1.51. The molecule has 0 radical (unpaired) electrons. The molecule has 1 amide bonds. The average Bonchev–Trinajstić information content (AvgIpc) is 2.60. The summed E-state index contributed by atoms with van der Waals surface area (Å²) in [6, 6.07) is 13.0. The van der Waals surface area contributed by atoms with Crippen LogP contribution in [0.15, 0.2) is 53.9 Å². The van der Waals surface area contributed by atoms with Crippen LogP contribution in [0.3, 0.4) is 0 Å². The standard InChI is InChI=1S/C17H17ClN2O4S/c1-2-24-16-9-5-14(6-10-16)17(21)19-20-25(22,23)12-11-13-3-7-15(18)8-4-13/h3-12,20H,2H2,1H3,(H,19,21)/b12-11+. The predicted octanol–water partition coefficient (Wildman–Crippen LogP) is 2.97. The molecule has 0 heterocycles. The average molecular weight is 381 g/mol. The highest BCUT2D eigenvalue weighted by molar-refractivity contribution is 7.92. The second-order valence-corrected chi connectivity index (χ2v) is 6.92. The van der Waals surface area contributed by atoms with Crippen LogP contribution in [0.4, 0.5) is 0 Å². The molecule has 2 aromatic carbocycles. The van der Waals surface area contributed by atoms with Crippen molar-refractivity contribution in [2.45, 2.75) is 6.92 Å². The lowest BCUT2D eigenvalue weighted by molar-refractivity contribution is 0.0945. The van der Waals surface area contributed by atoms with Crippen LogP contribution in [0.1, 0.15) is 22.8 Å². The van der Waals surface area contributed by atoms with Crippen molar-refractivity contribution < 1.29 is 17.9 Å². The predicted molar refractivity (Wildman–Crippen MR) is 97.6 cm³/mol. The summed E-state index contributed by atoms with van der Waals surface area (Å²) in [5.74, 6) is 0.0528. The lowest BCUT2D eigenvalue weighted by Crippen LogP contribution is -2.40. The zero-order chi connectivity index (χ0) is 18.3. The Hall–Kier alpha value is -2.35. The fraction of sp³-hybridized carbons (Fsp3) is 0.118. The monoisotopic (exact) mass is 380 g/mol. The summed E-state index contributed by atoms with van der Waals surface area (Å²) >= 11 is 5.76. The molecule has 0 spiro atoms. The first-order chi connectivity index (χ1) is 11.9. The van der Waals surface area contributed by atoms with Crippen LogP contribution in [0.25, 0.3) is 6.08 Å². The van der Waals surface area contributed by atoms with E-state index in [0.717, 1.165) is 5.41 Å². The van der Waals surface area contributed by atoms with Gasteiger partial charge < -0.3 is 4.74 Å². The highest BCUT2D eigenvalue weighted by Crippen LogP contribution is 2.12. The molecule has 132 valence electrons. The number of hydrogen-bond donors (Lipinski definition) is 2. The Morgan fingerprint density at radius 2 is 1.76 bits per heavy atom. The molecule has 0 saturated carbocycles. The molecule has 0 aromatic heterocycles. The van der Waals surface area contributed by atoms with E-state index < -0.39 is 15.9 Å². The quantitative estimate of drug-likeness (QED) is 0.723. The molecule has 2 N–H and O–H groups in total. The largest absolute Gasteiger partial charge is 0.494 e. The molecule has 0 aliphatic carbocycles. The SMILES string of the molecule is CCOc1ccc(C(=O)NNS(=O)(=O)/C=C/c2ccc(Cl)cc2)cc1. The number of hydrogen-bond acceptors (Lipinski definition) is 4. The normalized spacial score (nSPS) is 11.4. The van der Waals surface area contributed by atoms with Gasteiger partial charge in [-0.1, -0.05) is 23.7 Å². The maximum Gasteiger partial charge on any atom is 0.266 e. The van der Waals surface area contributed by atoms with Gasteiger partial charge in [0, 0.05) is 16.0 Å². The van der Waals surface area contributed by atoms with Crippen LogP contribution < -0.4 is 15.0 Å². The number of nitrogens with one attached hydrogen (secondary N) is 2. The molecule has 0 aliphatic heterocycles. The molecule has 0 fully saturated rings. The summed E-state index contributed by atoms with van der Waals surface area (Å²) in [7, 11) is -3.83. The van der Waals surface area contributed by atoms with Crippen molar-refractivity contribution in [3.05, 3.63) is 70.1 Å². The maximum absolute atomic E-state index is 12.0. The molecule has 0 unspecified atom stereocenters. The number of benzene rings is 2. The van der Waals surface area contributed by atoms with Gasteiger partial charge in [0.15, 0.2) is 0 Å². The summed E-state index contributed by atoms with van der Waals surface area (Å²) in [4.78, 5) is 14.0. The fourth-order valence-electron chi connectivity index (χ4n) is 1.83. The van der Waals surface area contributed by atoms with E-state index in [4.69, 9.17) is 16.3 Å². The second-order valence-electron chi connectivity index (χ2n) is 4.91. The molecule has 25 heavy (non-hydrogen) atoms. The number of hydrazine groups is 1. The Morgan fingerprint density at radius 3 is 2.36 bits per heavy atom. The third kappa shape index (κ3) is 6.22. The van der Waals surface area contributed by atoms with Crippen molar-refractivity contribution in [3.63, 3.8) is 0 Å². The number of amides is 1. The summed E-state index contributed by atoms with van der Waals surface area (Å²) in [6.45, 7) is 2.37. The van der Waals surface area contributed by atoms with Gasteiger partial charge in [-0.3, -0.25) is 10.2 Å². The third-order valence-electron chi connectivity index (χ3n) is 3.04. The van der Waals surface area contributed by atoms with Gasteiger partial charge in [0.05, 0.1) is 6.61 Å². The van der Waals surface area contributed by atoms with Crippen molar-refractivity contribution in [2.24, 2.45) is 0 Å². The molecule has 0 saturated heterocycles. The topological polar surface area (TPSA) is 84.5 Å². The molecular formula is C17H17ClN2O4S. The number of carbonyl (C=O) groups is 1. The number of carbonyl (C=O) groups excluding carboxylic acids is 1. The van der Waals surface area contributed by atoms with Crippen LogP contribution in [0.5, 0.6) is 5.75 Å². The lowest BCUT2D eigenvalue weighted by atomic mass is 10.2. The van der Waals surface area contributed by atoms with Crippen molar-refractivity contribution in [2.75, 3.05) is 6.61 Å². The first kappa shape index (κ1) is 19.0. The molecule has 2 rings (SSSR count). The van der Waals surface area contributed by atoms with Gasteiger partial charge >= 0.3 is 0 Å². The van der Waals surface area contributed by atoms with Gasteiger partial charge in [-0.15, -0.1) is 4.83 Å². The molecule has 6 nitrogen and oxygen atoms in total. The molecular weight excluding hydrogens is 364 g/mol. The Labute approximate surface area is 151 Å². The van der Waals surface area contributed by atoms with Crippen LogP contribution >= 0.6 is 11.6 Å². The van der Waals surface area contributed by atoms with Gasteiger partial charge in [-0.05, 0) is 55.0 Å². The zero-order valence-corrected chi connectivity index (χ0v) is 15.0. The highest BCUT2D eigenvalue weighted by atomic mass is 35.5. The minimum absolute atomic E-state index is 0.299. The van der Waals surface area contributed by atoms with Crippen molar-refractivity contribution in [1.29, 1.82) is 0 Å². The number of ether oxygens (including phenoxy) is 1. The maximum atomic E-state index is 12.0. The molecule has 2 aromatic rings. The summed E-state index contributed by atoms with van der Waals surface area (Å²) in [5.41, 5.74) is 3.10. The number of sulfonamides is 1. The van der Waals surface area contributed by atoms with Gasteiger partial charge in [0.2, 0.25) is 0 Å². The van der Waals surface area contributed by atoms with Crippen LogP contribution in [-0.4, -0.2) is 20.9 Å². The highest BCUT2D eigenvalue weighted by Gasteiger charge is 2.10. The van der Waals surface area contributed by atoms with Gasteiger partial charge in [-0.25, -0.2) is 8.42 Å². The van der Waals surface area contributed by atoms with Gasteiger partial charge in [0.1, 0.15) is 5.75 Å². The minimum Gasteiger partial charge on any atom is -0.494 e. The second kappa shape index (κ2) is 8.66. The minimum atomic E-state index is -3.83. The van der Waals surface area contributed by atoms with E-state index >= 15 is 0 Å². The Morgan fingerprint density at radius 1 is 1.12 bits per heavy atom. The smallest absolute Gasteiger partial charge is 0.266 e. The first-order valence-electron chi connectivity index (χ1n) is 7.38. The molecule has 0 bridgehead atoms. The van der Waals surface area contributed by atoms with Crippen LogP contribution in [0.2, 0.25) is 5.02 Å².